The summed E-state index contributed by atoms with van der Waals surface area (Å²) in [6, 6.07) is 26.5. The predicted octanol–water partition coefficient (Wildman–Crippen LogP) is 5.11. The van der Waals surface area contributed by atoms with Gasteiger partial charge in [0, 0.05) is 74.0 Å². The number of piperazine rings is 1. The van der Waals surface area contributed by atoms with Gasteiger partial charge in [0.05, 0.1) is 31.0 Å². The number of benzene rings is 4. The molecule has 0 aromatic heterocycles. The van der Waals surface area contributed by atoms with Crippen molar-refractivity contribution in [3.05, 3.63) is 102 Å². The molecule has 0 aliphatic carbocycles. The van der Waals surface area contributed by atoms with Crippen LogP contribution in [0.25, 0.3) is 11.1 Å². The van der Waals surface area contributed by atoms with Crippen LogP contribution in [0.1, 0.15) is 29.3 Å². The van der Waals surface area contributed by atoms with Gasteiger partial charge in [0.25, 0.3) is 15.9 Å². The maximum absolute atomic E-state index is 13.4. The number of carbonyl (C=O) groups is 1. The van der Waals surface area contributed by atoms with E-state index in [0.29, 0.717) is 86.2 Å². The number of anilines is 3. The summed E-state index contributed by atoms with van der Waals surface area (Å²) in [6.07, 6.45) is 0.612. The third-order valence-corrected chi connectivity index (χ3v) is 12.7. The van der Waals surface area contributed by atoms with E-state index in [-0.39, 0.29) is 16.6 Å². The molecule has 1 amide bonds. The standard InChI is InChI=1S/C38H45N5O7S2/c1-3-26-51(45,46)43-20-18-41(19-21-43)28-29-4-10-32(11-5-29)39-38(44)31-8-6-30(7-9-31)36-27-35(16-17-37(36)49-2)52(47,48)40-33-12-14-34(15-13-33)42-22-24-50-25-23-42/h4-17,27,40H,3,18-26,28H2,1-2H3,(H,39,44). The number of amides is 1. The van der Waals surface area contributed by atoms with E-state index in [1.165, 1.54) is 13.2 Å². The molecule has 2 fully saturated rings. The number of ether oxygens (including phenoxy) is 2. The van der Waals surface area contributed by atoms with Crippen molar-refractivity contribution in [2.24, 2.45) is 0 Å². The Bertz CT molecular complexity index is 2040. The number of morpholine rings is 1. The number of rotatable bonds is 13. The quantitative estimate of drug-likeness (QED) is 0.191. The fourth-order valence-corrected chi connectivity index (χ4v) is 8.94. The van der Waals surface area contributed by atoms with E-state index in [0.717, 1.165) is 24.3 Å². The maximum atomic E-state index is 13.4. The summed E-state index contributed by atoms with van der Waals surface area (Å²) in [5.74, 6) is 0.398. The summed E-state index contributed by atoms with van der Waals surface area (Å²) in [6.45, 7) is 7.81. The van der Waals surface area contributed by atoms with Gasteiger partial charge in [-0.25, -0.2) is 16.8 Å². The Morgan fingerprint density at radius 3 is 2.08 bits per heavy atom. The Morgan fingerprint density at radius 1 is 0.788 bits per heavy atom. The number of sulfonamides is 2. The first-order valence-corrected chi connectivity index (χ1v) is 20.5. The molecule has 12 nitrogen and oxygen atoms in total. The first kappa shape index (κ1) is 37.3. The van der Waals surface area contributed by atoms with E-state index in [1.807, 2.05) is 43.3 Å². The molecule has 6 rings (SSSR count). The minimum absolute atomic E-state index is 0.0769. The summed E-state index contributed by atoms with van der Waals surface area (Å²) in [5.41, 5.74) is 4.88. The van der Waals surface area contributed by atoms with Gasteiger partial charge in [-0.05, 0) is 84.3 Å². The highest BCUT2D eigenvalue weighted by Gasteiger charge is 2.26. The normalized spacial score (nSPS) is 16.0. The summed E-state index contributed by atoms with van der Waals surface area (Å²) in [5, 5.41) is 2.93. The molecule has 0 radical (unpaired) electrons. The second kappa shape index (κ2) is 16.5. The van der Waals surface area contributed by atoms with E-state index in [4.69, 9.17) is 9.47 Å². The molecule has 0 bridgehead atoms. The summed E-state index contributed by atoms with van der Waals surface area (Å²) >= 11 is 0. The van der Waals surface area contributed by atoms with Gasteiger partial charge in [-0.2, -0.15) is 4.31 Å². The average molecular weight is 748 g/mol. The van der Waals surface area contributed by atoms with Gasteiger partial charge < -0.3 is 19.7 Å². The number of nitrogens with zero attached hydrogens (tertiary/aromatic N) is 3. The van der Waals surface area contributed by atoms with E-state index in [9.17, 15) is 21.6 Å². The molecule has 2 N–H and O–H groups in total. The fraction of sp³-hybridized carbons (Fsp3) is 0.342. The third-order valence-electron chi connectivity index (χ3n) is 9.24. The molecule has 0 unspecified atom stereocenters. The molecular weight excluding hydrogens is 703 g/mol. The van der Waals surface area contributed by atoms with Gasteiger partial charge in [-0.1, -0.05) is 31.2 Å². The molecule has 14 heteroatoms. The summed E-state index contributed by atoms with van der Waals surface area (Å²) in [7, 11) is -5.57. The molecule has 276 valence electrons. The molecule has 2 saturated heterocycles. The predicted molar refractivity (Wildman–Crippen MR) is 204 cm³/mol. The van der Waals surface area contributed by atoms with Crippen LogP contribution in [0.15, 0.2) is 95.9 Å². The van der Waals surface area contributed by atoms with E-state index in [1.54, 1.807) is 52.8 Å². The largest absolute Gasteiger partial charge is 0.496 e. The van der Waals surface area contributed by atoms with Gasteiger partial charge >= 0.3 is 0 Å². The van der Waals surface area contributed by atoms with Crippen molar-refractivity contribution in [3.63, 3.8) is 0 Å². The lowest BCUT2D eigenvalue weighted by Crippen LogP contribution is -2.48. The van der Waals surface area contributed by atoms with Gasteiger partial charge in [-0.3, -0.25) is 14.4 Å². The van der Waals surface area contributed by atoms with Crippen molar-refractivity contribution in [3.8, 4) is 16.9 Å². The molecule has 2 aliphatic rings. The smallest absolute Gasteiger partial charge is 0.261 e. The maximum Gasteiger partial charge on any atom is 0.261 e. The Labute approximate surface area is 306 Å². The van der Waals surface area contributed by atoms with Crippen molar-refractivity contribution in [2.45, 2.75) is 24.8 Å². The van der Waals surface area contributed by atoms with Crippen molar-refractivity contribution < 1.29 is 31.1 Å². The summed E-state index contributed by atoms with van der Waals surface area (Å²) in [4.78, 5) is 17.6. The fourth-order valence-electron chi connectivity index (χ4n) is 6.36. The van der Waals surface area contributed by atoms with Crippen molar-refractivity contribution in [2.75, 3.05) is 80.3 Å². The zero-order valence-electron chi connectivity index (χ0n) is 29.5. The van der Waals surface area contributed by atoms with Gasteiger partial charge in [0.2, 0.25) is 10.0 Å². The Morgan fingerprint density at radius 2 is 1.44 bits per heavy atom. The molecule has 4 aromatic carbocycles. The molecule has 0 atom stereocenters. The Hall–Kier alpha value is -4.47. The van der Waals surface area contributed by atoms with Crippen molar-refractivity contribution in [1.82, 2.24) is 9.21 Å². The number of methoxy groups -OCH3 is 1. The number of nitrogens with one attached hydrogen (secondary N) is 2. The van der Waals surface area contributed by atoms with Crippen LogP contribution >= 0.6 is 0 Å². The monoisotopic (exact) mass is 747 g/mol. The number of hydrogen-bond donors (Lipinski definition) is 2. The average Bonchev–Trinajstić information content (AvgIpc) is 3.16. The number of carbonyl (C=O) groups excluding carboxylic acids is 1. The van der Waals surface area contributed by atoms with Crippen LogP contribution in [-0.4, -0.2) is 97.3 Å². The van der Waals surface area contributed by atoms with Crippen molar-refractivity contribution >= 4 is 43.0 Å². The highest BCUT2D eigenvalue weighted by molar-refractivity contribution is 7.92. The lowest BCUT2D eigenvalue weighted by molar-refractivity contribution is 0.102. The third kappa shape index (κ3) is 9.11. The molecule has 2 heterocycles. The SMILES string of the molecule is CCCS(=O)(=O)N1CCN(Cc2ccc(NC(=O)c3ccc(-c4cc(S(=O)(=O)Nc5ccc(N6CCOCC6)cc5)ccc4OC)cc3)cc2)CC1. The van der Waals surface area contributed by atoms with Gasteiger partial charge in [0.1, 0.15) is 5.75 Å². The first-order chi connectivity index (χ1) is 25.0. The minimum atomic E-state index is -3.91. The summed E-state index contributed by atoms with van der Waals surface area (Å²) < 4.78 is 66.8. The van der Waals surface area contributed by atoms with Crippen LogP contribution in [-0.2, 0) is 31.3 Å². The first-order valence-electron chi connectivity index (χ1n) is 17.4. The zero-order valence-corrected chi connectivity index (χ0v) is 31.1. The second-order valence-electron chi connectivity index (χ2n) is 12.8. The molecule has 4 aromatic rings. The van der Waals surface area contributed by atoms with E-state index >= 15 is 0 Å². The molecular formula is C38H45N5O7S2. The lowest BCUT2D eigenvalue weighted by atomic mass is 10.0. The van der Waals surface area contributed by atoms with Crippen LogP contribution in [0.5, 0.6) is 5.75 Å². The van der Waals surface area contributed by atoms with Gasteiger partial charge in [-0.15, -0.1) is 0 Å². The highest BCUT2D eigenvalue weighted by atomic mass is 32.2. The second-order valence-corrected chi connectivity index (χ2v) is 16.6. The lowest BCUT2D eigenvalue weighted by Gasteiger charge is -2.34. The molecule has 52 heavy (non-hydrogen) atoms. The van der Waals surface area contributed by atoms with Crippen molar-refractivity contribution in [1.29, 1.82) is 0 Å². The van der Waals surface area contributed by atoms with Crippen LogP contribution < -0.4 is 19.7 Å². The minimum Gasteiger partial charge on any atom is -0.496 e. The van der Waals surface area contributed by atoms with E-state index in [2.05, 4.69) is 19.8 Å². The molecule has 2 aliphatic heterocycles. The van der Waals surface area contributed by atoms with E-state index < -0.39 is 20.0 Å². The van der Waals surface area contributed by atoms with Crippen LogP contribution in [0.2, 0.25) is 0 Å². The van der Waals surface area contributed by atoms with Crippen LogP contribution in [0.3, 0.4) is 0 Å². The van der Waals surface area contributed by atoms with Crippen LogP contribution in [0, 0.1) is 0 Å². The zero-order chi connectivity index (χ0) is 36.7. The Balaban J connectivity index is 1.06. The number of hydrogen-bond acceptors (Lipinski definition) is 9. The Kier molecular flexibility index (Phi) is 11.8. The highest BCUT2D eigenvalue weighted by Crippen LogP contribution is 2.33. The molecule has 0 spiro atoms. The topological polar surface area (TPSA) is 138 Å². The molecule has 0 saturated carbocycles. The van der Waals surface area contributed by atoms with Gasteiger partial charge in [0.15, 0.2) is 0 Å². The van der Waals surface area contributed by atoms with Crippen LogP contribution in [0.4, 0.5) is 17.1 Å².